The van der Waals surface area contributed by atoms with E-state index in [0.717, 1.165) is 6.42 Å². The maximum Gasteiger partial charge on any atom is 0.233 e. The molecule has 2 atom stereocenters. The molecule has 1 aromatic heterocycles. The van der Waals surface area contributed by atoms with Crippen LogP contribution in [-0.2, 0) is 4.79 Å². The Morgan fingerprint density at radius 3 is 2.74 bits per heavy atom. The zero-order valence-electron chi connectivity index (χ0n) is 11.0. The number of amides is 1. The lowest BCUT2D eigenvalue weighted by Gasteiger charge is -2.10. The summed E-state index contributed by atoms with van der Waals surface area (Å²) in [6.45, 7) is 3.32. The first-order valence-corrected chi connectivity index (χ1v) is 6.13. The van der Waals surface area contributed by atoms with Crippen LogP contribution in [0.5, 0.6) is 5.88 Å². The summed E-state index contributed by atoms with van der Waals surface area (Å²) in [7, 11) is 0. The van der Waals surface area contributed by atoms with Gasteiger partial charge in [0.1, 0.15) is 12.7 Å². The van der Waals surface area contributed by atoms with Crippen LogP contribution in [0.15, 0.2) is 12.1 Å². The van der Waals surface area contributed by atoms with Gasteiger partial charge < -0.3 is 20.3 Å². The first kappa shape index (κ1) is 15.3. The van der Waals surface area contributed by atoms with Crippen LogP contribution >= 0.6 is 0 Å². The Morgan fingerprint density at radius 1 is 1.47 bits per heavy atom. The molecule has 0 bridgehead atoms. The van der Waals surface area contributed by atoms with Gasteiger partial charge in [0.15, 0.2) is 5.82 Å². The minimum atomic E-state index is -0.952. The van der Waals surface area contributed by atoms with Gasteiger partial charge >= 0.3 is 0 Å². The van der Waals surface area contributed by atoms with E-state index in [9.17, 15) is 4.79 Å². The predicted octanol–water partition coefficient (Wildman–Crippen LogP) is 0.193. The van der Waals surface area contributed by atoms with Crippen LogP contribution in [0.3, 0.4) is 0 Å². The number of hydrogen-bond acceptors (Lipinski definition) is 6. The summed E-state index contributed by atoms with van der Waals surface area (Å²) in [5, 5.41) is 27.9. The third kappa shape index (κ3) is 5.19. The highest BCUT2D eigenvalue weighted by atomic mass is 16.5. The molecule has 0 aliphatic carbocycles. The number of nitrogens with zero attached hydrogens (tertiary/aromatic N) is 2. The van der Waals surface area contributed by atoms with E-state index in [1.807, 2.05) is 13.8 Å². The Morgan fingerprint density at radius 2 is 2.21 bits per heavy atom. The molecule has 7 heteroatoms. The fraction of sp³-hybridized carbons (Fsp3) is 0.583. The highest BCUT2D eigenvalue weighted by molar-refractivity contribution is 5.91. The minimum Gasteiger partial charge on any atom is -0.474 e. The number of hydrogen-bond donors (Lipinski definition) is 3. The Hall–Kier alpha value is -1.73. The summed E-state index contributed by atoms with van der Waals surface area (Å²) in [6, 6.07) is 3.09. The summed E-state index contributed by atoms with van der Waals surface area (Å²) in [6.07, 6.45) is -0.203. The highest BCUT2D eigenvalue weighted by Gasteiger charge is 2.11. The number of aliphatic hydroxyl groups excluding tert-OH is 2. The molecule has 0 spiro atoms. The first-order chi connectivity index (χ1) is 9.06. The lowest BCUT2D eigenvalue weighted by molar-refractivity contribution is -0.119. The zero-order valence-corrected chi connectivity index (χ0v) is 11.0. The van der Waals surface area contributed by atoms with Crippen molar-refractivity contribution in [2.75, 3.05) is 18.5 Å². The smallest absolute Gasteiger partial charge is 0.233 e. The van der Waals surface area contributed by atoms with Gasteiger partial charge in [-0.25, -0.2) is 0 Å². The van der Waals surface area contributed by atoms with Gasteiger partial charge in [0.2, 0.25) is 11.8 Å². The van der Waals surface area contributed by atoms with E-state index >= 15 is 0 Å². The maximum atomic E-state index is 11.6. The van der Waals surface area contributed by atoms with E-state index in [4.69, 9.17) is 14.9 Å². The highest BCUT2D eigenvalue weighted by Crippen LogP contribution is 2.10. The normalized spacial score (nSPS) is 13.7. The minimum absolute atomic E-state index is 0.0657. The molecule has 1 heterocycles. The van der Waals surface area contributed by atoms with Crippen molar-refractivity contribution < 1.29 is 19.7 Å². The van der Waals surface area contributed by atoms with Crippen molar-refractivity contribution in [3.05, 3.63) is 12.1 Å². The van der Waals surface area contributed by atoms with Crippen molar-refractivity contribution in [3.8, 4) is 5.88 Å². The van der Waals surface area contributed by atoms with Crippen LogP contribution in [0.25, 0.3) is 0 Å². The van der Waals surface area contributed by atoms with Gasteiger partial charge in [0, 0.05) is 12.0 Å². The third-order valence-electron chi connectivity index (χ3n) is 2.59. The molecular formula is C12H19N3O4. The lowest BCUT2D eigenvalue weighted by Crippen LogP contribution is -2.22. The third-order valence-corrected chi connectivity index (χ3v) is 2.59. The molecule has 1 rings (SSSR count). The first-order valence-electron chi connectivity index (χ1n) is 6.13. The number of nitrogens with one attached hydrogen (secondary N) is 1. The van der Waals surface area contributed by atoms with Crippen LogP contribution < -0.4 is 10.1 Å². The van der Waals surface area contributed by atoms with E-state index in [0.29, 0.717) is 5.82 Å². The summed E-state index contributed by atoms with van der Waals surface area (Å²) < 4.78 is 5.09. The molecule has 0 saturated heterocycles. The van der Waals surface area contributed by atoms with Crippen molar-refractivity contribution in [2.24, 2.45) is 5.92 Å². The number of aromatic nitrogens is 2. The van der Waals surface area contributed by atoms with Gasteiger partial charge in [-0.2, -0.15) is 0 Å². The summed E-state index contributed by atoms with van der Waals surface area (Å²) >= 11 is 0. The number of anilines is 1. The van der Waals surface area contributed by atoms with Crippen molar-refractivity contribution in [3.63, 3.8) is 0 Å². The summed E-state index contributed by atoms with van der Waals surface area (Å²) in [5.74, 6) is 0.369. The lowest BCUT2D eigenvalue weighted by atomic mass is 10.1. The van der Waals surface area contributed by atoms with Crippen LogP contribution in [0, 0.1) is 5.92 Å². The van der Waals surface area contributed by atoms with E-state index in [2.05, 4.69) is 15.5 Å². The number of carbonyl (C=O) groups excluding carboxylic acids is 1. The largest absolute Gasteiger partial charge is 0.474 e. The van der Waals surface area contributed by atoms with Gasteiger partial charge in [-0.05, 0) is 12.5 Å². The second kappa shape index (κ2) is 7.65. The Balaban J connectivity index is 2.49. The quantitative estimate of drug-likeness (QED) is 0.653. The van der Waals surface area contributed by atoms with E-state index in [1.165, 1.54) is 6.07 Å². The average Bonchev–Trinajstić information content (AvgIpc) is 2.45. The fourth-order valence-corrected chi connectivity index (χ4v) is 1.13. The van der Waals surface area contributed by atoms with Crippen LogP contribution in [-0.4, -0.2) is 45.6 Å². The van der Waals surface area contributed by atoms with Crippen molar-refractivity contribution in [1.29, 1.82) is 0 Å². The van der Waals surface area contributed by atoms with Gasteiger partial charge in [-0.1, -0.05) is 13.8 Å². The van der Waals surface area contributed by atoms with E-state index in [-0.39, 0.29) is 30.9 Å². The Kier molecular flexibility index (Phi) is 6.17. The number of carbonyl (C=O) groups is 1. The molecule has 0 aliphatic rings. The molecule has 0 aromatic carbocycles. The fourth-order valence-electron chi connectivity index (χ4n) is 1.13. The number of ether oxygens (including phenoxy) is 1. The molecule has 0 fully saturated rings. The zero-order chi connectivity index (χ0) is 14.3. The SMILES string of the molecule is CCC(C)C(=O)Nc1ccc(OC[C@@H](O)CO)nn1. The number of rotatable bonds is 7. The van der Waals surface area contributed by atoms with Crippen LogP contribution in [0.2, 0.25) is 0 Å². The van der Waals surface area contributed by atoms with E-state index < -0.39 is 6.10 Å². The molecule has 1 unspecified atom stereocenters. The predicted molar refractivity (Wildman–Crippen MR) is 68.7 cm³/mol. The van der Waals surface area contributed by atoms with Crippen LogP contribution in [0.4, 0.5) is 5.82 Å². The van der Waals surface area contributed by atoms with Crippen molar-refractivity contribution in [1.82, 2.24) is 10.2 Å². The molecule has 19 heavy (non-hydrogen) atoms. The van der Waals surface area contributed by atoms with Crippen molar-refractivity contribution >= 4 is 11.7 Å². The van der Waals surface area contributed by atoms with Crippen LogP contribution in [0.1, 0.15) is 20.3 Å². The molecule has 106 valence electrons. The topological polar surface area (TPSA) is 105 Å². The molecule has 0 aliphatic heterocycles. The molecule has 0 saturated carbocycles. The van der Waals surface area contributed by atoms with Gasteiger partial charge in [-0.15, -0.1) is 10.2 Å². The van der Waals surface area contributed by atoms with Gasteiger partial charge in [-0.3, -0.25) is 4.79 Å². The molecule has 0 radical (unpaired) electrons. The van der Waals surface area contributed by atoms with E-state index in [1.54, 1.807) is 6.07 Å². The second-order valence-corrected chi connectivity index (χ2v) is 4.20. The average molecular weight is 269 g/mol. The monoisotopic (exact) mass is 269 g/mol. The summed E-state index contributed by atoms with van der Waals surface area (Å²) in [5.41, 5.74) is 0. The maximum absolute atomic E-state index is 11.6. The standard InChI is InChI=1S/C12H19N3O4/c1-3-8(2)12(18)13-10-4-5-11(15-14-10)19-7-9(17)6-16/h4-5,8-9,16-17H,3,6-7H2,1-2H3,(H,13,14,18)/t8?,9-/m0/s1. The molecule has 1 amide bonds. The number of aliphatic hydroxyl groups is 2. The molecule has 7 nitrogen and oxygen atoms in total. The van der Waals surface area contributed by atoms with Gasteiger partial charge in [0.05, 0.1) is 6.61 Å². The second-order valence-electron chi connectivity index (χ2n) is 4.20. The summed E-state index contributed by atoms with van der Waals surface area (Å²) in [4.78, 5) is 11.6. The Labute approximate surface area is 111 Å². The van der Waals surface area contributed by atoms with Crippen molar-refractivity contribution in [2.45, 2.75) is 26.4 Å². The molecule has 1 aromatic rings. The van der Waals surface area contributed by atoms with Gasteiger partial charge in [0.25, 0.3) is 0 Å². The molecule has 3 N–H and O–H groups in total. The Bertz CT molecular complexity index is 396. The molecular weight excluding hydrogens is 250 g/mol.